The lowest BCUT2D eigenvalue weighted by atomic mass is 10.1. The van der Waals surface area contributed by atoms with Crippen LogP contribution < -0.4 is 5.32 Å². The number of hydrogen-bond donors (Lipinski definition) is 1. The molecule has 23 heavy (non-hydrogen) atoms. The van der Waals surface area contributed by atoms with Crippen molar-refractivity contribution in [1.29, 1.82) is 0 Å². The van der Waals surface area contributed by atoms with Crippen LogP contribution in [-0.4, -0.2) is 21.3 Å². The number of benzene rings is 2. The molecule has 0 amide bonds. The van der Waals surface area contributed by atoms with Crippen LogP contribution in [0.3, 0.4) is 0 Å². The number of para-hydroxylation sites is 2. The summed E-state index contributed by atoms with van der Waals surface area (Å²) in [6, 6.07) is 18.6. The smallest absolute Gasteiger partial charge is 0.295 e. The summed E-state index contributed by atoms with van der Waals surface area (Å²) in [6.45, 7) is 0.772. The van der Waals surface area contributed by atoms with Crippen LogP contribution in [-0.2, 0) is 6.42 Å². The molecule has 0 fully saturated rings. The number of nitrogens with zero attached hydrogens (tertiary/aromatic N) is 3. The second kappa shape index (κ2) is 5.96. The van der Waals surface area contributed by atoms with Crippen molar-refractivity contribution < 1.29 is 4.42 Å². The predicted molar refractivity (Wildman–Crippen MR) is 89.8 cm³/mol. The molecule has 0 aliphatic rings. The summed E-state index contributed by atoms with van der Waals surface area (Å²) in [4.78, 5) is 4.40. The molecule has 5 nitrogen and oxygen atoms in total. The van der Waals surface area contributed by atoms with Crippen LogP contribution in [0.25, 0.3) is 16.8 Å². The van der Waals surface area contributed by atoms with Crippen LogP contribution in [0.15, 0.2) is 71.4 Å². The molecule has 4 aromatic rings. The van der Waals surface area contributed by atoms with E-state index in [1.807, 2.05) is 41.2 Å². The fraction of sp³-hybridized carbons (Fsp3) is 0.111. The lowest BCUT2D eigenvalue weighted by molar-refractivity contribution is 0.614. The van der Waals surface area contributed by atoms with Gasteiger partial charge < -0.3 is 9.73 Å². The minimum Gasteiger partial charge on any atom is -0.424 e. The number of aromatic nitrogens is 3. The molecule has 0 aliphatic carbocycles. The van der Waals surface area contributed by atoms with Gasteiger partial charge in [0.1, 0.15) is 5.52 Å². The van der Waals surface area contributed by atoms with E-state index in [2.05, 4.69) is 39.7 Å². The SMILES string of the molecule is c1ccc2oc(NCCc3ccc(-n4cccn4)cc3)nc2c1. The zero-order valence-corrected chi connectivity index (χ0v) is 12.5. The molecule has 5 heteroatoms. The van der Waals surface area contributed by atoms with Crippen LogP contribution in [0, 0.1) is 0 Å². The molecule has 2 aromatic heterocycles. The third kappa shape index (κ3) is 2.94. The maximum atomic E-state index is 5.64. The Labute approximate surface area is 133 Å². The van der Waals surface area contributed by atoms with Crippen molar-refractivity contribution in [3.8, 4) is 5.69 Å². The van der Waals surface area contributed by atoms with E-state index in [-0.39, 0.29) is 0 Å². The lowest BCUT2D eigenvalue weighted by Crippen LogP contribution is -2.05. The van der Waals surface area contributed by atoms with Crippen molar-refractivity contribution in [3.63, 3.8) is 0 Å². The number of fused-ring (bicyclic) bond motifs is 1. The average molecular weight is 304 g/mol. The summed E-state index contributed by atoms with van der Waals surface area (Å²) in [7, 11) is 0. The molecule has 0 aliphatic heterocycles. The molecular weight excluding hydrogens is 288 g/mol. The van der Waals surface area contributed by atoms with Crippen LogP contribution in [0.5, 0.6) is 0 Å². The number of oxazole rings is 1. The van der Waals surface area contributed by atoms with Crippen molar-refractivity contribution >= 4 is 17.1 Å². The highest BCUT2D eigenvalue weighted by Gasteiger charge is 2.04. The van der Waals surface area contributed by atoms with Crippen LogP contribution in [0.1, 0.15) is 5.56 Å². The van der Waals surface area contributed by atoms with Gasteiger partial charge in [0.25, 0.3) is 6.01 Å². The Morgan fingerprint density at radius 3 is 2.65 bits per heavy atom. The molecule has 0 saturated heterocycles. The van der Waals surface area contributed by atoms with E-state index >= 15 is 0 Å². The minimum atomic E-state index is 0.569. The first-order chi connectivity index (χ1) is 11.4. The van der Waals surface area contributed by atoms with Gasteiger partial charge in [-0.1, -0.05) is 24.3 Å². The van der Waals surface area contributed by atoms with E-state index < -0.39 is 0 Å². The standard InChI is InChI=1S/C18H16N4O/c1-2-5-17-16(4-1)21-18(23-17)19-12-10-14-6-8-15(9-7-14)22-13-3-11-20-22/h1-9,11,13H,10,12H2,(H,19,21). The number of nitrogens with one attached hydrogen (secondary N) is 1. The Kier molecular flexibility index (Phi) is 3.52. The molecule has 1 N–H and O–H groups in total. The zero-order valence-electron chi connectivity index (χ0n) is 12.5. The van der Waals surface area contributed by atoms with Gasteiger partial charge in [-0.05, 0) is 42.3 Å². The fourth-order valence-electron chi connectivity index (χ4n) is 2.50. The molecule has 0 spiro atoms. The molecule has 0 saturated carbocycles. The zero-order chi connectivity index (χ0) is 15.5. The van der Waals surface area contributed by atoms with Crippen molar-refractivity contribution in [2.45, 2.75) is 6.42 Å². The first kappa shape index (κ1) is 13.6. The molecular formula is C18H16N4O. The van der Waals surface area contributed by atoms with Gasteiger partial charge >= 0.3 is 0 Å². The minimum absolute atomic E-state index is 0.569. The summed E-state index contributed by atoms with van der Waals surface area (Å²) in [5, 5.41) is 7.45. The largest absolute Gasteiger partial charge is 0.424 e. The first-order valence-corrected chi connectivity index (χ1v) is 7.57. The molecule has 114 valence electrons. The van der Waals surface area contributed by atoms with Crippen LogP contribution >= 0.6 is 0 Å². The number of hydrogen-bond acceptors (Lipinski definition) is 4. The van der Waals surface area contributed by atoms with Gasteiger partial charge in [-0.3, -0.25) is 0 Å². The van der Waals surface area contributed by atoms with E-state index in [0.29, 0.717) is 6.01 Å². The monoisotopic (exact) mass is 304 g/mol. The highest BCUT2D eigenvalue weighted by molar-refractivity contribution is 5.74. The Morgan fingerprint density at radius 2 is 1.87 bits per heavy atom. The first-order valence-electron chi connectivity index (χ1n) is 7.57. The molecule has 2 heterocycles. The van der Waals surface area contributed by atoms with Gasteiger partial charge in [-0.15, -0.1) is 0 Å². The number of anilines is 1. The summed E-state index contributed by atoms with van der Waals surface area (Å²) in [5.74, 6) is 0. The molecule has 0 radical (unpaired) electrons. The molecule has 0 unspecified atom stereocenters. The molecule has 0 bridgehead atoms. The molecule has 0 atom stereocenters. The quantitative estimate of drug-likeness (QED) is 0.611. The normalized spacial score (nSPS) is 11.0. The number of rotatable bonds is 5. The fourth-order valence-corrected chi connectivity index (χ4v) is 2.50. The second-order valence-electron chi connectivity index (χ2n) is 5.28. The maximum absolute atomic E-state index is 5.64. The van der Waals surface area contributed by atoms with Gasteiger partial charge in [-0.2, -0.15) is 10.1 Å². The summed E-state index contributed by atoms with van der Waals surface area (Å²) in [5.41, 5.74) is 3.99. The highest BCUT2D eigenvalue weighted by atomic mass is 16.4. The maximum Gasteiger partial charge on any atom is 0.295 e. The van der Waals surface area contributed by atoms with E-state index in [0.717, 1.165) is 29.8 Å². The van der Waals surface area contributed by atoms with Gasteiger partial charge in [0, 0.05) is 18.9 Å². The van der Waals surface area contributed by atoms with E-state index in [4.69, 9.17) is 4.42 Å². The Morgan fingerprint density at radius 1 is 1.00 bits per heavy atom. The van der Waals surface area contributed by atoms with Crippen molar-refractivity contribution in [1.82, 2.24) is 14.8 Å². The van der Waals surface area contributed by atoms with Crippen molar-refractivity contribution in [2.75, 3.05) is 11.9 Å². The van der Waals surface area contributed by atoms with Gasteiger partial charge in [-0.25, -0.2) is 4.68 Å². The Hall–Kier alpha value is -3.08. The topological polar surface area (TPSA) is 55.9 Å². The van der Waals surface area contributed by atoms with Gasteiger partial charge in [0.05, 0.1) is 5.69 Å². The molecule has 4 rings (SSSR count). The predicted octanol–water partition coefficient (Wildman–Crippen LogP) is 3.67. The van der Waals surface area contributed by atoms with E-state index in [1.54, 1.807) is 6.20 Å². The Bertz CT molecular complexity index is 861. The van der Waals surface area contributed by atoms with Crippen molar-refractivity contribution in [3.05, 3.63) is 72.6 Å². The molecule has 2 aromatic carbocycles. The van der Waals surface area contributed by atoms with Gasteiger partial charge in [0.15, 0.2) is 5.58 Å². The van der Waals surface area contributed by atoms with E-state index in [1.165, 1.54) is 5.56 Å². The van der Waals surface area contributed by atoms with Gasteiger partial charge in [0.2, 0.25) is 0 Å². The van der Waals surface area contributed by atoms with Crippen LogP contribution in [0.2, 0.25) is 0 Å². The second-order valence-corrected chi connectivity index (χ2v) is 5.28. The third-order valence-electron chi connectivity index (χ3n) is 3.69. The summed E-state index contributed by atoms with van der Waals surface area (Å²) < 4.78 is 7.49. The van der Waals surface area contributed by atoms with Crippen molar-refractivity contribution in [2.24, 2.45) is 0 Å². The summed E-state index contributed by atoms with van der Waals surface area (Å²) >= 11 is 0. The highest BCUT2D eigenvalue weighted by Crippen LogP contribution is 2.18. The third-order valence-corrected chi connectivity index (χ3v) is 3.69. The Balaban J connectivity index is 1.37. The van der Waals surface area contributed by atoms with E-state index in [9.17, 15) is 0 Å². The lowest BCUT2D eigenvalue weighted by Gasteiger charge is -2.05. The average Bonchev–Trinajstić information content (AvgIpc) is 3.25. The summed E-state index contributed by atoms with van der Waals surface area (Å²) in [6.07, 6.45) is 4.61. The van der Waals surface area contributed by atoms with Crippen LogP contribution in [0.4, 0.5) is 6.01 Å².